The van der Waals surface area contributed by atoms with Crippen molar-refractivity contribution in [3.05, 3.63) is 78.0 Å². The fourth-order valence-corrected chi connectivity index (χ4v) is 2.34. The van der Waals surface area contributed by atoms with Gasteiger partial charge in [0.15, 0.2) is 5.69 Å². The maximum atomic E-state index is 11.2. The minimum absolute atomic E-state index is 0.0567. The molecule has 0 bridgehead atoms. The molecule has 0 atom stereocenters. The summed E-state index contributed by atoms with van der Waals surface area (Å²) >= 11 is 0. The van der Waals surface area contributed by atoms with Crippen molar-refractivity contribution in [1.82, 2.24) is 4.98 Å². The second-order valence-corrected chi connectivity index (χ2v) is 5.38. The van der Waals surface area contributed by atoms with Gasteiger partial charge in [0.1, 0.15) is 18.1 Å². The van der Waals surface area contributed by atoms with E-state index in [1.165, 1.54) is 13.2 Å². The van der Waals surface area contributed by atoms with Gasteiger partial charge in [-0.1, -0.05) is 30.3 Å². The lowest BCUT2D eigenvalue weighted by Crippen LogP contribution is -2.02. The van der Waals surface area contributed by atoms with Crippen LogP contribution in [-0.4, -0.2) is 23.2 Å². The van der Waals surface area contributed by atoms with E-state index < -0.39 is 5.97 Å². The lowest BCUT2D eigenvalue weighted by Gasteiger charge is -2.09. The first-order valence-corrected chi connectivity index (χ1v) is 7.72. The van der Waals surface area contributed by atoms with Gasteiger partial charge in [-0.25, -0.2) is 9.78 Å². The maximum Gasteiger partial charge on any atom is 0.354 e. The van der Waals surface area contributed by atoms with Gasteiger partial charge < -0.3 is 14.6 Å². The number of methoxy groups -OCH3 is 1. The molecule has 5 nitrogen and oxygen atoms in total. The summed E-state index contributed by atoms with van der Waals surface area (Å²) in [6.07, 6.45) is 0. The number of benzene rings is 2. The Labute approximate surface area is 145 Å². The molecule has 0 aliphatic heterocycles. The first kappa shape index (κ1) is 16.5. The number of pyridine rings is 1. The number of rotatable bonds is 6. The molecule has 0 spiro atoms. The highest BCUT2D eigenvalue weighted by Gasteiger charge is 2.11. The highest BCUT2D eigenvalue weighted by Crippen LogP contribution is 2.25. The molecule has 0 aliphatic carbocycles. The molecule has 25 heavy (non-hydrogen) atoms. The third kappa shape index (κ3) is 4.14. The number of nitrogens with zero attached hydrogens (tertiary/aromatic N) is 1. The van der Waals surface area contributed by atoms with Crippen LogP contribution in [0, 0.1) is 0 Å². The van der Waals surface area contributed by atoms with Gasteiger partial charge in [-0.05, 0) is 29.8 Å². The highest BCUT2D eigenvalue weighted by molar-refractivity contribution is 5.86. The van der Waals surface area contributed by atoms with E-state index in [2.05, 4.69) is 4.98 Å². The molecule has 126 valence electrons. The number of hydrogen-bond donors (Lipinski definition) is 1. The number of carboxylic acids is 1. The van der Waals surface area contributed by atoms with E-state index >= 15 is 0 Å². The van der Waals surface area contributed by atoms with Gasteiger partial charge >= 0.3 is 5.97 Å². The van der Waals surface area contributed by atoms with Crippen LogP contribution in [0.3, 0.4) is 0 Å². The third-order valence-corrected chi connectivity index (χ3v) is 3.65. The van der Waals surface area contributed by atoms with Gasteiger partial charge in [0.25, 0.3) is 0 Å². The van der Waals surface area contributed by atoms with Gasteiger partial charge in [0.05, 0.1) is 12.8 Å². The molecule has 5 heteroatoms. The van der Waals surface area contributed by atoms with E-state index in [4.69, 9.17) is 14.6 Å². The lowest BCUT2D eigenvalue weighted by atomic mass is 10.1. The fraction of sp³-hybridized carbons (Fsp3) is 0.100. The molecule has 2 aromatic carbocycles. The zero-order chi connectivity index (χ0) is 17.6. The molecule has 0 saturated heterocycles. The first-order chi connectivity index (χ1) is 12.2. The van der Waals surface area contributed by atoms with Crippen LogP contribution in [0.5, 0.6) is 11.5 Å². The normalized spacial score (nSPS) is 10.3. The summed E-state index contributed by atoms with van der Waals surface area (Å²) < 4.78 is 10.9. The van der Waals surface area contributed by atoms with E-state index in [-0.39, 0.29) is 5.69 Å². The molecule has 0 radical (unpaired) electrons. The molecule has 0 fully saturated rings. The number of carboxylic acid groups (broad SMARTS) is 1. The Bertz CT molecular complexity index is 861. The molecular weight excluding hydrogens is 318 g/mol. The maximum absolute atomic E-state index is 11.2. The van der Waals surface area contributed by atoms with Crippen LogP contribution in [0.15, 0.2) is 66.7 Å². The number of hydrogen-bond acceptors (Lipinski definition) is 4. The van der Waals surface area contributed by atoms with Crippen LogP contribution >= 0.6 is 0 Å². The van der Waals surface area contributed by atoms with Crippen LogP contribution in [-0.2, 0) is 6.61 Å². The first-order valence-electron chi connectivity index (χ1n) is 7.72. The molecule has 0 aliphatic rings. The molecule has 1 N–H and O–H groups in total. The van der Waals surface area contributed by atoms with Crippen LogP contribution in [0.25, 0.3) is 11.3 Å². The molecule has 1 heterocycles. The number of ether oxygens (including phenoxy) is 2. The number of aromatic nitrogens is 1. The Morgan fingerprint density at radius 2 is 1.72 bits per heavy atom. The topological polar surface area (TPSA) is 68.7 Å². The number of carbonyl (C=O) groups is 1. The summed E-state index contributed by atoms with van der Waals surface area (Å²) in [6, 6.07) is 20.3. The summed E-state index contributed by atoms with van der Waals surface area (Å²) in [7, 11) is 1.49. The van der Waals surface area contributed by atoms with Crippen molar-refractivity contribution in [3.63, 3.8) is 0 Å². The van der Waals surface area contributed by atoms with Crippen LogP contribution in [0.1, 0.15) is 16.1 Å². The Morgan fingerprint density at radius 3 is 2.36 bits per heavy atom. The smallest absolute Gasteiger partial charge is 0.354 e. The van der Waals surface area contributed by atoms with Crippen molar-refractivity contribution in [1.29, 1.82) is 0 Å². The number of aromatic carboxylic acids is 1. The fourth-order valence-electron chi connectivity index (χ4n) is 2.34. The molecule has 0 saturated carbocycles. The molecule has 1 aromatic heterocycles. The molecule has 3 aromatic rings. The summed E-state index contributed by atoms with van der Waals surface area (Å²) in [5.74, 6) is 0.0868. The van der Waals surface area contributed by atoms with E-state index in [0.717, 1.165) is 16.9 Å². The van der Waals surface area contributed by atoms with Crippen molar-refractivity contribution in [2.75, 3.05) is 7.11 Å². The Balaban J connectivity index is 1.78. The van der Waals surface area contributed by atoms with Gasteiger partial charge in [-0.3, -0.25) is 0 Å². The van der Waals surface area contributed by atoms with Gasteiger partial charge in [0, 0.05) is 17.7 Å². The van der Waals surface area contributed by atoms with E-state index in [1.54, 1.807) is 6.07 Å². The average molecular weight is 335 g/mol. The SMILES string of the molecule is COc1cc(C(=O)O)nc(-c2ccc(OCc3ccccc3)cc2)c1. The standard InChI is InChI=1S/C20H17NO4/c1-24-17-11-18(21-19(12-17)20(22)23)15-7-9-16(10-8-15)25-13-14-5-3-2-4-6-14/h2-12H,13H2,1H3,(H,22,23). The zero-order valence-electron chi connectivity index (χ0n) is 13.7. The summed E-state index contributed by atoms with van der Waals surface area (Å²) in [6.45, 7) is 0.487. The predicted octanol–water partition coefficient (Wildman–Crippen LogP) is 4.03. The van der Waals surface area contributed by atoms with Crippen LogP contribution < -0.4 is 9.47 Å². The largest absolute Gasteiger partial charge is 0.497 e. The summed E-state index contributed by atoms with van der Waals surface area (Å²) in [5.41, 5.74) is 2.35. The quantitative estimate of drug-likeness (QED) is 0.736. The van der Waals surface area contributed by atoms with E-state index in [1.807, 2.05) is 54.6 Å². The van der Waals surface area contributed by atoms with Crippen molar-refractivity contribution in [2.24, 2.45) is 0 Å². The molecule has 3 rings (SSSR count). The van der Waals surface area contributed by atoms with Gasteiger partial charge in [-0.2, -0.15) is 0 Å². The van der Waals surface area contributed by atoms with Crippen molar-refractivity contribution in [3.8, 4) is 22.8 Å². The van der Waals surface area contributed by atoms with Crippen LogP contribution in [0.2, 0.25) is 0 Å². The Kier molecular flexibility index (Phi) is 4.95. The Hall–Kier alpha value is -3.34. The minimum atomic E-state index is -1.09. The molecule has 0 unspecified atom stereocenters. The molecular formula is C20H17NO4. The second kappa shape index (κ2) is 7.49. The molecule has 0 amide bonds. The van der Waals surface area contributed by atoms with Crippen molar-refractivity contribution in [2.45, 2.75) is 6.61 Å². The van der Waals surface area contributed by atoms with Crippen LogP contribution in [0.4, 0.5) is 0 Å². The zero-order valence-corrected chi connectivity index (χ0v) is 13.7. The third-order valence-electron chi connectivity index (χ3n) is 3.65. The summed E-state index contributed by atoms with van der Waals surface area (Å²) in [5, 5.41) is 9.16. The minimum Gasteiger partial charge on any atom is -0.497 e. The predicted molar refractivity (Wildman–Crippen MR) is 94.0 cm³/mol. The monoisotopic (exact) mass is 335 g/mol. The average Bonchev–Trinajstić information content (AvgIpc) is 2.67. The summed E-state index contributed by atoms with van der Waals surface area (Å²) in [4.78, 5) is 15.3. The highest BCUT2D eigenvalue weighted by atomic mass is 16.5. The Morgan fingerprint density at radius 1 is 1.00 bits per heavy atom. The van der Waals surface area contributed by atoms with Crippen molar-refractivity contribution < 1.29 is 19.4 Å². The van der Waals surface area contributed by atoms with Gasteiger partial charge in [-0.15, -0.1) is 0 Å². The second-order valence-electron chi connectivity index (χ2n) is 5.38. The van der Waals surface area contributed by atoms with E-state index in [9.17, 15) is 4.79 Å². The van der Waals surface area contributed by atoms with E-state index in [0.29, 0.717) is 18.1 Å². The van der Waals surface area contributed by atoms with Crippen molar-refractivity contribution >= 4 is 5.97 Å². The lowest BCUT2D eigenvalue weighted by molar-refractivity contribution is 0.0690. The van der Waals surface area contributed by atoms with Gasteiger partial charge in [0.2, 0.25) is 0 Å².